The Bertz CT molecular complexity index is 1390. The molecule has 0 aromatic heterocycles. The van der Waals surface area contributed by atoms with Crippen molar-refractivity contribution in [2.45, 2.75) is 71.7 Å². The van der Waals surface area contributed by atoms with E-state index in [0.29, 0.717) is 18.6 Å². The van der Waals surface area contributed by atoms with Crippen LogP contribution in [0, 0.1) is 10.8 Å². The Hall–Kier alpha value is -2.08. The van der Waals surface area contributed by atoms with Crippen molar-refractivity contribution in [3.05, 3.63) is 47.2 Å². The van der Waals surface area contributed by atoms with Crippen LogP contribution in [0.15, 0.2) is 41.7 Å². The molecule has 3 aliphatic rings. The maximum absolute atomic E-state index is 11.6. The number of allylic oxidation sites excluding steroid dienone is 1. The normalized spacial score (nSPS) is 27.2. The van der Waals surface area contributed by atoms with E-state index in [1.165, 1.54) is 0 Å². The van der Waals surface area contributed by atoms with Crippen LogP contribution in [0.4, 0.5) is 0 Å². The lowest BCUT2D eigenvalue weighted by Gasteiger charge is -2.53. The van der Waals surface area contributed by atoms with Gasteiger partial charge in [-0.2, -0.15) is 16.8 Å². The molecule has 212 valence electrons. The molecule has 2 aliphatic heterocycles. The maximum Gasteiger partial charge on any atom is 0.306 e. The van der Waals surface area contributed by atoms with Gasteiger partial charge in [-0.3, -0.25) is 4.18 Å². The molecule has 9 nitrogen and oxygen atoms in total. The molecule has 1 fully saturated rings. The summed E-state index contributed by atoms with van der Waals surface area (Å²) >= 11 is 0. The Morgan fingerprint density at radius 3 is 2.18 bits per heavy atom. The zero-order valence-corrected chi connectivity index (χ0v) is 24.9. The Balaban J connectivity index is 1.61. The van der Waals surface area contributed by atoms with E-state index >= 15 is 0 Å². The summed E-state index contributed by atoms with van der Waals surface area (Å²) in [6, 6.07) is 5.05. The van der Waals surface area contributed by atoms with Crippen LogP contribution in [0.2, 0.25) is 0 Å². The molecule has 2 heterocycles. The Kier molecular flexibility index (Phi) is 7.04. The minimum absolute atomic E-state index is 0.0482. The fourth-order valence-corrected chi connectivity index (χ4v) is 6.56. The molecule has 0 N–H and O–H groups in total. The van der Waals surface area contributed by atoms with Gasteiger partial charge in [0.1, 0.15) is 17.3 Å². The molecule has 0 amide bonds. The van der Waals surface area contributed by atoms with Crippen molar-refractivity contribution in [2.75, 3.05) is 25.7 Å². The van der Waals surface area contributed by atoms with Crippen molar-refractivity contribution in [2.24, 2.45) is 10.8 Å². The highest BCUT2D eigenvalue weighted by atomic mass is 32.2. The van der Waals surface area contributed by atoms with E-state index < -0.39 is 36.9 Å². The minimum atomic E-state index is -3.65. The van der Waals surface area contributed by atoms with Gasteiger partial charge in [-0.25, -0.2) is 0 Å². The topological polar surface area (TPSA) is 114 Å². The van der Waals surface area contributed by atoms with Gasteiger partial charge in [0.25, 0.3) is 15.9 Å². The lowest BCUT2D eigenvalue weighted by Crippen LogP contribution is -2.54. The first-order chi connectivity index (χ1) is 17.2. The van der Waals surface area contributed by atoms with E-state index in [1.54, 1.807) is 18.2 Å². The largest absolute Gasteiger partial charge is 0.452 e. The molecule has 0 bridgehead atoms. The third-order valence-corrected chi connectivity index (χ3v) is 8.26. The minimum Gasteiger partial charge on any atom is -0.452 e. The van der Waals surface area contributed by atoms with E-state index in [4.69, 9.17) is 22.6 Å². The summed E-state index contributed by atoms with van der Waals surface area (Å²) < 4.78 is 75.1. The fraction of sp³-hybridized carbons (Fsp3) is 0.630. The van der Waals surface area contributed by atoms with Crippen molar-refractivity contribution in [3.63, 3.8) is 0 Å². The number of benzene rings is 1. The molecule has 0 saturated carbocycles. The van der Waals surface area contributed by atoms with Crippen LogP contribution in [0.25, 0.3) is 0 Å². The van der Waals surface area contributed by atoms with Crippen molar-refractivity contribution in [1.29, 1.82) is 0 Å². The SMILES string of the molecule is CC1(C)CC2(CC(C)(C)c3cc(OS(C)(=O)=O)ccc3O2)OC2=CC(C)(C)C(OCCOS(C)(=O)=O)C=C21. The van der Waals surface area contributed by atoms with Crippen molar-refractivity contribution in [1.82, 2.24) is 0 Å². The predicted molar refractivity (Wildman–Crippen MR) is 143 cm³/mol. The monoisotopic (exact) mass is 570 g/mol. The van der Waals surface area contributed by atoms with Crippen molar-refractivity contribution < 1.29 is 39.4 Å². The van der Waals surface area contributed by atoms with E-state index in [1.807, 2.05) is 13.8 Å². The van der Waals surface area contributed by atoms with Gasteiger partial charge in [-0.1, -0.05) is 41.5 Å². The van der Waals surface area contributed by atoms with Crippen LogP contribution in [0.5, 0.6) is 11.5 Å². The summed E-state index contributed by atoms with van der Waals surface area (Å²) in [4.78, 5) is 0. The number of hydrogen-bond acceptors (Lipinski definition) is 9. The number of hydrogen-bond donors (Lipinski definition) is 0. The van der Waals surface area contributed by atoms with E-state index in [2.05, 4.69) is 39.8 Å². The number of rotatable bonds is 7. The van der Waals surface area contributed by atoms with Gasteiger partial charge in [0, 0.05) is 34.7 Å². The highest BCUT2D eigenvalue weighted by Gasteiger charge is 2.55. The summed E-state index contributed by atoms with van der Waals surface area (Å²) in [6.07, 6.45) is 7.00. The number of fused-ring (bicyclic) bond motifs is 2. The van der Waals surface area contributed by atoms with Crippen LogP contribution in [-0.2, 0) is 39.3 Å². The molecular formula is C27H38O9S2. The molecule has 2 unspecified atom stereocenters. The van der Waals surface area contributed by atoms with Crippen molar-refractivity contribution in [3.8, 4) is 11.5 Å². The molecular weight excluding hydrogens is 532 g/mol. The first-order valence-electron chi connectivity index (χ1n) is 12.5. The average Bonchev–Trinajstić information content (AvgIpc) is 2.68. The van der Waals surface area contributed by atoms with Crippen LogP contribution in [0.3, 0.4) is 0 Å². The Morgan fingerprint density at radius 1 is 0.895 bits per heavy atom. The van der Waals surface area contributed by atoms with Gasteiger partial charge < -0.3 is 18.4 Å². The predicted octanol–water partition coefficient (Wildman–Crippen LogP) is 4.44. The van der Waals surface area contributed by atoms with E-state index in [-0.39, 0.29) is 30.5 Å². The lowest BCUT2D eigenvalue weighted by atomic mass is 9.66. The summed E-state index contributed by atoms with van der Waals surface area (Å²) in [6.45, 7) is 12.6. The molecule has 2 atom stereocenters. The van der Waals surface area contributed by atoms with Gasteiger partial charge in [0.15, 0.2) is 0 Å². The van der Waals surface area contributed by atoms with Gasteiger partial charge in [-0.15, -0.1) is 0 Å². The van der Waals surface area contributed by atoms with Crippen LogP contribution in [0.1, 0.15) is 59.9 Å². The van der Waals surface area contributed by atoms with E-state index in [9.17, 15) is 16.8 Å². The third-order valence-electron chi connectivity index (χ3n) is 7.17. The molecule has 1 aliphatic carbocycles. The average molecular weight is 571 g/mol. The van der Waals surface area contributed by atoms with Gasteiger partial charge in [0.2, 0.25) is 0 Å². The number of ether oxygens (including phenoxy) is 3. The van der Waals surface area contributed by atoms with Crippen LogP contribution in [-0.4, -0.2) is 54.5 Å². The van der Waals surface area contributed by atoms with Gasteiger partial charge >= 0.3 is 10.1 Å². The second-order valence-electron chi connectivity index (χ2n) is 12.4. The highest BCUT2D eigenvalue weighted by molar-refractivity contribution is 7.86. The standard InChI is InChI=1S/C27H38O9S2/c1-24(2)15-22-20(14-23(24)32-11-12-33-37(7,28)29)26(5,6)17-27(35-22)16-25(3,4)19-13-18(36-38(8,30)31)9-10-21(19)34-27/h9-10,13-15,23H,11-12,16-17H2,1-8H3. The fourth-order valence-electron chi connectivity index (χ4n) is 5.73. The van der Waals surface area contributed by atoms with Crippen molar-refractivity contribution >= 4 is 20.2 Å². The molecule has 4 rings (SSSR count). The van der Waals surface area contributed by atoms with Gasteiger partial charge in [-0.05, 0) is 35.9 Å². The second-order valence-corrected chi connectivity index (χ2v) is 15.6. The quantitative estimate of drug-likeness (QED) is 0.347. The molecule has 38 heavy (non-hydrogen) atoms. The smallest absolute Gasteiger partial charge is 0.306 e. The molecule has 1 spiro atoms. The van der Waals surface area contributed by atoms with Gasteiger partial charge in [0.05, 0.1) is 31.8 Å². The summed E-state index contributed by atoms with van der Waals surface area (Å²) in [5, 5.41) is 0. The molecule has 11 heteroatoms. The summed E-state index contributed by atoms with van der Waals surface area (Å²) in [5.74, 6) is 0.705. The molecule has 1 aromatic carbocycles. The first kappa shape index (κ1) is 28.9. The van der Waals surface area contributed by atoms with E-state index in [0.717, 1.165) is 29.4 Å². The van der Waals surface area contributed by atoms with Crippen LogP contribution < -0.4 is 8.92 Å². The summed E-state index contributed by atoms with van der Waals surface area (Å²) in [5.41, 5.74) is 0.726. The first-order valence-corrected chi connectivity index (χ1v) is 16.2. The molecule has 1 saturated heterocycles. The lowest BCUT2D eigenvalue weighted by molar-refractivity contribution is -0.209. The zero-order valence-electron chi connectivity index (χ0n) is 23.3. The second kappa shape index (κ2) is 9.25. The summed E-state index contributed by atoms with van der Waals surface area (Å²) in [7, 11) is -7.18. The molecule has 1 aromatic rings. The van der Waals surface area contributed by atoms with Crippen LogP contribution >= 0.6 is 0 Å². The third kappa shape index (κ3) is 6.21. The zero-order chi connectivity index (χ0) is 28.4. The highest BCUT2D eigenvalue weighted by Crippen LogP contribution is 2.57. The Morgan fingerprint density at radius 2 is 1.55 bits per heavy atom. The maximum atomic E-state index is 11.6. The Labute approximate surface area is 226 Å². The molecule has 0 radical (unpaired) electrons.